The summed E-state index contributed by atoms with van der Waals surface area (Å²) in [4.78, 5) is 28.3. The first kappa shape index (κ1) is 23.7. The number of amides is 2. The Bertz CT molecular complexity index is 1060. The highest BCUT2D eigenvalue weighted by molar-refractivity contribution is 5.94. The van der Waals surface area contributed by atoms with Gasteiger partial charge in [-0.15, -0.1) is 0 Å². The molecule has 2 aromatic carbocycles. The zero-order chi connectivity index (χ0) is 23.5. The Morgan fingerprint density at radius 2 is 1.73 bits per heavy atom. The second kappa shape index (κ2) is 12.2. The van der Waals surface area contributed by atoms with Crippen molar-refractivity contribution < 1.29 is 23.5 Å². The number of aromatic nitrogens is 1. The summed E-state index contributed by atoms with van der Waals surface area (Å²) in [6.45, 7) is 3.12. The van der Waals surface area contributed by atoms with Crippen LogP contribution < -0.4 is 20.1 Å². The summed E-state index contributed by atoms with van der Waals surface area (Å²) >= 11 is 0. The normalized spacial score (nSPS) is 10.4. The van der Waals surface area contributed by atoms with Crippen molar-refractivity contribution in [1.29, 1.82) is 0 Å². The summed E-state index contributed by atoms with van der Waals surface area (Å²) in [5, 5.41) is 5.54. The number of halogens is 1. The maximum absolute atomic E-state index is 12.9. The fourth-order valence-electron chi connectivity index (χ4n) is 2.94. The molecule has 0 saturated carbocycles. The molecule has 0 saturated heterocycles. The van der Waals surface area contributed by atoms with E-state index in [-0.39, 0.29) is 18.2 Å². The van der Waals surface area contributed by atoms with Gasteiger partial charge in [-0.1, -0.05) is 18.2 Å². The van der Waals surface area contributed by atoms with Gasteiger partial charge in [0, 0.05) is 37.3 Å². The lowest BCUT2D eigenvalue weighted by atomic mass is 10.2. The molecule has 3 aromatic rings. The molecule has 0 aliphatic rings. The van der Waals surface area contributed by atoms with Crippen molar-refractivity contribution in [3.05, 3.63) is 83.8 Å². The van der Waals surface area contributed by atoms with Crippen LogP contribution >= 0.6 is 0 Å². The number of rotatable bonds is 11. The van der Waals surface area contributed by atoms with Gasteiger partial charge in [0.1, 0.15) is 5.82 Å². The number of ether oxygens (including phenoxy) is 2. The van der Waals surface area contributed by atoms with Crippen LogP contribution in [0.4, 0.5) is 4.39 Å². The van der Waals surface area contributed by atoms with E-state index in [1.807, 2.05) is 37.3 Å². The molecule has 0 unspecified atom stereocenters. The van der Waals surface area contributed by atoms with Gasteiger partial charge in [0.25, 0.3) is 5.91 Å². The van der Waals surface area contributed by atoms with Crippen molar-refractivity contribution >= 4 is 11.8 Å². The number of carbonyl (C=O) groups excluding carboxylic acids is 2. The van der Waals surface area contributed by atoms with Gasteiger partial charge in [-0.3, -0.25) is 9.59 Å². The van der Waals surface area contributed by atoms with Gasteiger partial charge in [0.05, 0.1) is 6.61 Å². The molecule has 0 atom stereocenters. The lowest BCUT2D eigenvalue weighted by Crippen LogP contribution is -2.27. The Hall–Kier alpha value is -3.94. The number of nitrogens with one attached hydrogen (secondary N) is 2. The molecule has 0 fully saturated rings. The van der Waals surface area contributed by atoms with Gasteiger partial charge in [0.15, 0.2) is 11.5 Å². The molecule has 7 nitrogen and oxygen atoms in total. The third-order valence-corrected chi connectivity index (χ3v) is 4.62. The number of hydrogen-bond donors (Lipinski definition) is 2. The highest BCUT2D eigenvalue weighted by Gasteiger charge is 2.08. The summed E-state index contributed by atoms with van der Waals surface area (Å²) in [6.07, 6.45) is 2.40. The van der Waals surface area contributed by atoms with Gasteiger partial charge in [-0.25, -0.2) is 9.37 Å². The lowest BCUT2D eigenvalue weighted by molar-refractivity contribution is -0.121. The van der Waals surface area contributed by atoms with Crippen LogP contribution in [0.5, 0.6) is 17.4 Å². The quantitative estimate of drug-likeness (QED) is 0.426. The maximum atomic E-state index is 12.9. The minimum Gasteiger partial charge on any atom is -0.490 e. The summed E-state index contributed by atoms with van der Waals surface area (Å²) < 4.78 is 24.2. The van der Waals surface area contributed by atoms with Crippen molar-refractivity contribution in [3.63, 3.8) is 0 Å². The highest BCUT2D eigenvalue weighted by Crippen LogP contribution is 2.30. The molecule has 1 heterocycles. The van der Waals surface area contributed by atoms with Crippen LogP contribution in [0.2, 0.25) is 0 Å². The Balaban J connectivity index is 1.37. The lowest BCUT2D eigenvalue weighted by Gasteiger charge is -2.11. The Morgan fingerprint density at radius 1 is 0.970 bits per heavy atom. The smallest absolute Gasteiger partial charge is 0.251 e. The van der Waals surface area contributed by atoms with Gasteiger partial charge in [-0.2, -0.15) is 0 Å². The monoisotopic (exact) mass is 451 g/mol. The molecule has 3 rings (SSSR count). The van der Waals surface area contributed by atoms with Crippen LogP contribution in [-0.2, 0) is 11.3 Å². The predicted molar refractivity (Wildman–Crippen MR) is 122 cm³/mol. The molecular formula is C25H26FN3O4. The van der Waals surface area contributed by atoms with Crippen molar-refractivity contribution in [1.82, 2.24) is 15.6 Å². The number of pyridine rings is 1. The zero-order valence-corrected chi connectivity index (χ0v) is 18.3. The van der Waals surface area contributed by atoms with Crippen LogP contribution in [0.3, 0.4) is 0 Å². The van der Waals surface area contributed by atoms with Crippen LogP contribution in [0.1, 0.15) is 35.7 Å². The standard InChI is InChI=1S/C25H26FN3O4/c1-2-32-21-6-3-4-7-22(21)33-24-14-9-18(17-29-24)16-28-23(30)8-5-15-27-25(31)19-10-12-20(26)13-11-19/h3-4,6-7,9-14,17H,2,5,8,15-16H2,1H3,(H,27,31)(H,28,30). The van der Waals surface area contributed by atoms with Crippen LogP contribution in [-0.4, -0.2) is 29.9 Å². The SMILES string of the molecule is CCOc1ccccc1Oc1ccc(CNC(=O)CCCNC(=O)c2ccc(F)cc2)cn1. The predicted octanol–water partition coefficient (Wildman–Crippen LogP) is 4.24. The molecule has 33 heavy (non-hydrogen) atoms. The summed E-state index contributed by atoms with van der Waals surface area (Å²) in [5.74, 6) is 0.831. The third-order valence-electron chi connectivity index (χ3n) is 4.62. The van der Waals surface area contributed by atoms with Gasteiger partial charge in [-0.05, 0) is 55.3 Å². The second-order valence-electron chi connectivity index (χ2n) is 7.13. The number of para-hydroxylation sites is 2. The zero-order valence-electron chi connectivity index (χ0n) is 18.3. The minimum absolute atomic E-state index is 0.128. The fraction of sp³-hybridized carbons (Fsp3) is 0.240. The van der Waals surface area contributed by atoms with Crippen LogP contribution in [0.25, 0.3) is 0 Å². The van der Waals surface area contributed by atoms with Crippen molar-refractivity contribution in [3.8, 4) is 17.4 Å². The molecular weight excluding hydrogens is 425 g/mol. The third kappa shape index (κ3) is 7.60. The largest absolute Gasteiger partial charge is 0.490 e. The van der Waals surface area contributed by atoms with Gasteiger partial charge in [0.2, 0.25) is 11.8 Å². The first-order valence-corrected chi connectivity index (χ1v) is 10.7. The van der Waals surface area contributed by atoms with Crippen LogP contribution in [0.15, 0.2) is 66.9 Å². The summed E-state index contributed by atoms with van der Waals surface area (Å²) in [7, 11) is 0. The van der Waals surface area contributed by atoms with E-state index in [0.717, 1.165) is 5.56 Å². The first-order valence-electron chi connectivity index (χ1n) is 10.7. The molecule has 8 heteroatoms. The van der Waals surface area contributed by atoms with Crippen molar-refractivity contribution in [2.45, 2.75) is 26.3 Å². The first-order chi connectivity index (χ1) is 16.0. The number of benzene rings is 2. The second-order valence-corrected chi connectivity index (χ2v) is 7.13. The van der Waals surface area contributed by atoms with E-state index in [9.17, 15) is 14.0 Å². The van der Waals surface area contributed by atoms with E-state index in [0.29, 0.717) is 49.1 Å². The molecule has 0 radical (unpaired) electrons. The average Bonchev–Trinajstić information content (AvgIpc) is 2.83. The van der Waals surface area contributed by atoms with Gasteiger partial charge < -0.3 is 20.1 Å². The molecule has 2 amide bonds. The van der Waals surface area contributed by atoms with Crippen molar-refractivity contribution in [2.75, 3.05) is 13.2 Å². The Kier molecular flexibility index (Phi) is 8.76. The van der Waals surface area contributed by atoms with E-state index in [1.165, 1.54) is 24.3 Å². The van der Waals surface area contributed by atoms with Crippen molar-refractivity contribution in [2.24, 2.45) is 0 Å². The van der Waals surface area contributed by atoms with E-state index >= 15 is 0 Å². The number of nitrogens with zero attached hydrogens (tertiary/aromatic N) is 1. The van der Waals surface area contributed by atoms with Gasteiger partial charge >= 0.3 is 0 Å². The Labute approximate surface area is 192 Å². The molecule has 1 aromatic heterocycles. The molecule has 0 aliphatic carbocycles. The maximum Gasteiger partial charge on any atom is 0.251 e. The summed E-state index contributed by atoms with van der Waals surface area (Å²) in [6, 6.07) is 16.2. The van der Waals surface area contributed by atoms with Crippen LogP contribution in [0, 0.1) is 5.82 Å². The highest BCUT2D eigenvalue weighted by atomic mass is 19.1. The molecule has 0 spiro atoms. The number of hydrogen-bond acceptors (Lipinski definition) is 5. The fourth-order valence-corrected chi connectivity index (χ4v) is 2.94. The molecule has 2 N–H and O–H groups in total. The van der Waals surface area contributed by atoms with E-state index in [2.05, 4.69) is 15.6 Å². The van der Waals surface area contributed by atoms with E-state index in [1.54, 1.807) is 12.3 Å². The molecule has 0 bridgehead atoms. The van der Waals surface area contributed by atoms with E-state index < -0.39 is 5.82 Å². The Morgan fingerprint density at radius 3 is 2.42 bits per heavy atom. The number of carbonyl (C=O) groups is 2. The molecule has 172 valence electrons. The molecule has 0 aliphatic heterocycles. The summed E-state index contributed by atoms with van der Waals surface area (Å²) in [5.41, 5.74) is 1.21. The average molecular weight is 451 g/mol. The minimum atomic E-state index is -0.396. The van der Waals surface area contributed by atoms with E-state index in [4.69, 9.17) is 9.47 Å². The topological polar surface area (TPSA) is 89.5 Å².